The fourth-order valence-corrected chi connectivity index (χ4v) is 8.72. The normalized spacial score (nSPS) is 11.9. The van der Waals surface area contributed by atoms with Crippen LogP contribution >= 0.6 is 11.3 Å². The van der Waals surface area contributed by atoms with Crippen LogP contribution in [0, 0.1) is 0 Å². The highest BCUT2D eigenvalue weighted by Crippen LogP contribution is 2.40. The van der Waals surface area contributed by atoms with Gasteiger partial charge in [-0.2, -0.15) is 0 Å². The van der Waals surface area contributed by atoms with E-state index in [4.69, 9.17) is 19.4 Å². The zero-order valence-electron chi connectivity index (χ0n) is 27.1. The Balaban J connectivity index is 1.08. The lowest BCUT2D eigenvalue weighted by Gasteiger charge is -2.09. The molecule has 4 aromatic heterocycles. The Labute approximate surface area is 295 Å². The lowest BCUT2D eigenvalue weighted by molar-refractivity contribution is 0.668. The van der Waals surface area contributed by atoms with Crippen LogP contribution in [0.4, 0.5) is 0 Å². The quantitative estimate of drug-likeness (QED) is 0.187. The first-order valence-corrected chi connectivity index (χ1v) is 17.8. The van der Waals surface area contributed by atoms with Gasteiger partial charge < -0.3 is 8.98 Å². The second-order valence-electron chi connectivity index (χ2n) is 12.8. The molecule has 51 heavy (non-hydrogen) atoms. The van der Waals surface area contributed by atoms with Gasteiger partial charge in [0.2, 0.25) is 0 Å². The molecule has 0 aliphatic carbocycles. The minimum atomic E-state index is 0.602. The van der Waals surface area contributed by atoms with Crippen LogP contribution in [0.15, 0.2) is 162 Å². The molecule has 0 N–H and O–H groups in total. The van der Waals surface area contributed by atoms with Crippen molar-refractivity contribution in [2.24, 2.45) is 0 Å². The summed E-state index contributed by atoms with van der Waals surface area (Å²) in [6.07, 6.45) is 0. The van der Waals surface area contributed by atoms with Gasteiger partial charge in [-0.05, 0) is 48.5 Å². The van der Waals surface area contributed by atoms with Crippen LogP contribution in [-0.4, -0.2) is 19.5 Å². The van der Waals surface area contributed by atoms with Crippen molar-refractivity contribution in [2.45, 2.75) is 0 Å². The van der Waals surface area contributed by atoms with Gasteiger partial charge in [0.05, 0.1) is 11.0 Å². The number of hydrogen-bond acceptors (Lipinski definition) is 5. The predicted molar refractivity (Wildman–Crippen MR) is 211 cm³/mol. The largest absolute Gasteiger partial charge is 0.456 e. The zero-order chi connectivity index (χ0) is 33.5. The summed E-state index contributed by atoms with van der Waals surface area (Å²) in [6.45, 7) is 0. The van der Waals surface area contributed by atoms with E-state index in [1.54, 1.807) is 11.3 Å². The first-order chi connectivity index (χ1) is 25.3. The summed E-state index contributed by atoms with van der Waals surface area (Å²) in [7, 11) is 0. The van der Waals surface area contributed by atoms with Crippen molar-refractivity contribution in [1.29, 1.82) is 0 Å². The summed E-state index contributed by atoms with van der Waals surface area (Å²) < 4.78 is 11.3. The predicted octanol–water partition coefficient (Wildman–Crippen LogP) is 12.2. The fraction of sp³-hybridized carbons (Fsp3) is 0. The molecule has 0 saturated carbocycles. The van der Waals surface area contributed by atoms with Crippen LogP contribution in [0.5, 0.6) is 0 Å². The molecule has 0 unspecified atom stereocenters. The van der Waals surface area contributed by atoms with Crippen LogP contribution in [0.25, 0.3) is 104 Å². The number of nitrogens with zero attached hydrogens (tertiary/aromatic N) is 4. The van der Waals surface area contributed by atoms with Gasteiger partial charge >= 0.3 is 0 Å². The molecular formula is C45H26N4OS. The third-order valence-corrected chi connectivity index (χ3v) is 11.1. The van der Waals surface area contributed by atoms with Crippen molar-refractivity contribution in [3.63, 3.8) is 0 Å². The lowest BCUT2D eigenvalue weighted by atomic mass is 10.1. The minimum Gasteiger partial charge on any atom is -0.456 e. The van der Waals surface area contributed by atoms with E-state index in [-0.39, 0.29) is 0 Å². The summed E-state index contributed by atoms with van der Waals surface area (Å²) in [5.74, 6) is 1.89. The SMILES string of the molecule is c1ccc(-c2nc(-c3ccc4c(c3)oc3cc(-n5c6ccccc6c6ccccc65)ccc34)nc(-c3cccc4c3sc3ccccc34)n2)cc1. The Morgan fingerprint density at radius 1 is 0.431 bits per heavy atom. The van der Waals surface area contributed by atoms with Crippen LogP contribution in [0.2, 0.25) is 0 Å². The Kier molecular flexibility index (Phi) is 6.05. The molecule has 11 rings (SSSR count). The van der Waals surface area contributed by atoms with Gasteiger partial charge in [-0.1, -0.05) is 103 Å². The number of rotatable bonds is 4. The average molecular weight is 671 g/mol. The summed E-state index contributed by atoms with van der Waals surface area (Å²) in [5, 5.41) is 7.04. The van der Waals surface area contributed by atoms with Gasteiger partial charge in [-0.3, -0.25) is 0 Å². The van der Waals surface area contributed by atoms with E-state index in [1.807, 2.05) is 30.3 Å². The van der Waals surface area contributed by atoms with E-state index in [1.165, 1.54) is 42.0 Å². The highest BCUT2D eigenvalue weighted by Gasteiger charge is 2.18. The maximum absolute atomic E-state index is 6.62. The number of fused-ring (bicyclic) bond motifs is 9. The molecule has 0 amide bonds. The van der Waals surface area contributed by atoms with E-state index in [9.17, 15) is 0 Å². The van der Waals surface area contributed by atoms with Crippen molar-refractivity contribution < 1.29 is 4.42 Å². The summed E-state index contributed by atoms with van der Waals surface area (Å²) in [6, 6.07) is 54.9. The Hall–Kier alpha value is -6.63. The third-order valence-electron chi connectivity index (χ3n) is 9.87. The zero-order valence-corrected chi connectivity index (χ0v) is 27.9. The highest BCUT2D eigenvalue weighted by molar-refractivity contribution is 7.26. The molecule has 0 aliphatic heterocycles. The van der Waals surface area contributed by atoms with Crippen molar-refractivity contribution >= 4 is 75.3 Å². The van der Waals surface area contributed by atoms with Crippen molar-refractivity contribution in [3.8, 4) is 39.9 Å². The van der Waals surface area contributed by atoms with E-state index >= 15 is 0 Å². The topological polar surface area (TPSA) is 56.7 Å². The first-order valence-electron chi connectivity index (χ1n) is 16.9. The first kappa shape index (κ1) is 28.2. The van der Waals surface area contributed by atoms with Crippen molar-refractivity contribution in [1.82, 2.24) is 19.5 Å². The molecule has 7 aromatic carbocycles. The number of thiophene rings is 1. The molecule has 6 heteroatoms. The van der Waals surface area contributed by atoms with Gasteiger partial charge in [0.15, 0.2) is 17.5 Å². The smallest absolute Gasteiger partial charge is 0.165 e. The number of hydrogen-bond donors (Lipinski definition) is 0. The molecule has 5 nitrogen and oxygen atoms in total. The third kappa shape index (κ3) is 4.37. The standard InChI is InChI=1S/C45H26N4OS/c1-2-11-27(12-3-1)43-46-44(48-45(47-43)36-17-10-16-35-34-15-6-9-20-41(34)51-42(35)36)28-21-23-32-33-24-22-29(26-40(33)50-39(32)25-28)49-37-18-7-4-13-30(37)31-14-5-8-19-38(31)49/h1-26H. The van der Waals surface area contributed by atoms with E-state index in [2.05, 4.69) is 132 Å². The van der Waals surface area contributed by atoms with Crippen LogP contribution in [0.1, 0.15) is 0 Å². The van der Waals surface area contributed by atoms with Gasteiger partial charge in [0, 0.05) is 70.2 Å². The van der Waals surface area contributed by atoms with Crippen LogP contribution in [0.3, 0.4) is 0 Å². The van der Waals surface area contributed by atoms with Crippen LogP contribution in [-0.2, 0) is 0 Å². The molecule has 0 radical (unpaired) electrons. The van der Waals surface area contributed by atoms with E-state index < -0.39 is 0 Å². The molecule has 0 atom stereocenters. The van der Waals surface area contributed by atoms with E-state index in [0.29, 0.717) is 17.5 Å². The molecule has 0 saturated heterocycles. The molecule has 0 aliphatic rings. The molecule has 4 heterocycles. The summed E-state index contributed by atoms with van der Waals surface area (Å²) in [4.78, 5) is 15.2. The molecule has 0 spiro atoms. The Morgan fingerprint density at radius 3 is 1.82 bits per heavy atom. The average Bonchev–Trinajstić information content (AvgIpc) is 3.87. The molecule has 0 bridgehead atoms. The van der Waals surface area contributed by atoms with Crippen molar-refractivity contribution in [2.75, 3.05) is 0 Å². The van der Waals surface area contributed by atoms with Crippen LogP contribution < -0.4 is 0 Å². The minimum absolute atomic E-state index is 0.602. The number of aromatic nitrogens is 4. The maximum Gasteiger partial charge on any atom is 0.165 e. The molecular weight excluding hydrogens is 645 g/mol. The molecule has 11 aromatic rings. The number of furan rings is 1. The van der Waals surface area contributed by atoms with Crippen molar-refractivity contribution in [3.05, 3.63) is 158 Å². The van der Waals surface area contributed by atoms with Gasteiger partial charge in [0.1, 0.15) is 11.2 Å². The Morgan fingerprint density at radius 2 is 1.04 bits per heavy atom. The summed E-state index contributed by atoms with van der Waals surface area (Å²) >= 11 is 1.77. The van der Waals surface area contributed by atoms with E-state index in [0.717, 1.165) is 44.3 Å². The second-order valence-corrected chi connectivity index (χ2v) is 13.9. The monoisotopic (exact) mass is 670 g/mol. The number of benzene rings is 7. The molecule has 0 fully saturated rings. The highest BCUT2D eigenvalue weighted by atomic mass is 32.1. The summed E-state index contributed by atoms with van der Waals surface area (Å²) in [5.41, 5.74) is 7.82. The fourth-order valence-electron chi connectivity index (χ4n) is 7.51. The second kappa shape index (κ2) is 10.9. The van der Waals surface area contributed by atoms with Gasteiger partial charge in [-0.15, -0.1) is 11.3 Å². The lowest BCUT2D eigenvalue weighted by Crippen LogP contribution is -2.00. The Bertz CT molecular complexity index is 3100. The molecule has 238 valence electrons. The number of para-hydroxylation sites is 2. The maximum atomic E-state index is 6.62. The van der Waals surface area contributed by atoms with Gasteiger partial charge in [0.25, 0.3) is 0 Å². The van der Waals surface area contributed by atoms with Gasteiger partial charge in [-0.25, -0.2) is 15.0 Å².